The Kier molecular flexibility index (Phi) is 6.14. The van der Waals surface area contributed by atoms with Crippen molar-refractivity contribution in [1.29, 1.82) is 0 Å². The highest BCUT2D eigenvalue weighted by Crippen LogP contribution is 2.27. The molecule has 0 unspecified atom stereocenters. The molecule has 2 N–H and O–H groups in total. The average Bonchev–Trinajstić information content (AvgIpc) is 2.82. The number of hydrogen-bond acceptors (Lipinski definition) is 4. The first-order valence-electron chi connectivity index (χ1n) is 8.68. The van der Waals surface area contributed by atoms with Gasteiger partial charge in [-0.2, -0.15) is 0 Å². The van der Waals surface area contributed by atoms with Gasteiger partial charge in [0.05, 0.1) is 11.1 Å². The Hall–Kier alpha value is -2.41. The topological polar surface area (TPSA) is 81.8 Å². The zero-order chi connectivity index (χ0) is 18.6. The number of urea groups is 1. The van der Waals surface area contributed by atoms with Gasteiger partial charge in [0.1, 0.15) is 0 Å². The Labute approximate surface area is 148 Å². The van der Waals surface area contributed by atoms with Crippen LogP contribution in [-0.2, 0) is 0 Å². The average molecular weight is 346 g/mol. The molecule has 1 aliphatic rings. The van der Waals surface area contributed by atoms with Gasteiger partial charge >= 0.3 is 6.03 Å². The van der Waals surface area contributed by atoms with Crippen molar-refractivity contribution < 1.29 is 14.4 Å². The Balaban J connectivity index is 1.98. The van der Waals surface area contributed by atoms with Crippen LogP contribution >= 0.6 is 0 Å². The second-order valence-electron chi connectivity index (χ2n) is 6.24. The standard InChI is InChI=1S/C18H26N4O3/c1-5-21(6-2)10-9-19-18(25)20-13-7-8-14-15(11-13)17(24)22(12(3)4)16(14)23/h7-8,11-12H,5-6,9-10H2,1-4H3,(H2,19,20,25). The molecule has 0 saturated heterocycles. The molecule has 7 heteroatoms. The Morgan fingerprint density at radius 3 is 2.36 bits per heavy atom. The number of carbonyl (C=O) groups excluding carboxylic acids is 3. The normalized spacial score (nSPS) is 13.6. The van der Waals surface area contributed by atoms with Gasteiger partial charge in [0.2, 0.25) is 0 Å². The van der Waals surface area contributed by atoms with E-state index < -0.39 is 0 Å². The molecule has 1 heterocycles. The van der Waals surface area contributed by atoms with Gasteiger partial charge in [-0.3, -0.25) is 14.5 Å². The minimum atomic E-state index is -0.329. The van der Waals surface area contributed by atoms with Crippen LogP contribution in [0, 0.1) is 0 Å². The zero-order valence-electron chi connectivity index (χ0n) is 15.3. The Bertz CT molecular complexity index is 668. The minimum Gasteiger partial charge on any atom is -0.337 e. The highest BCUT2D eigenvalue weighted by Gasteiger charge is 2.37. The fourth-order valence-electron chi connectivity index (χ4n) is 2.85. The molecule has 0 spiro atoms. The summed E-state index contributed by atoms with van der Waals surface area (Å²) < 4.78 is 0. The van der Waals surface area contributed by atoms with E-state index in [1.54, 1.807) is 32.0 Å². The van der Waals surface area contributed by atoms with E-state index in [1.165, 1.54) is 4.90 Å². The maximum atomic E-state index is 12.4. The second kappa shape index (κ2) is 8.11. The quantitative estimate of drug-likeness (QED) is 0.741. The number of rotatable bonds is 7. The molecule has 0 aromatic heterocycles. The first-order valence-corrected chi connectivity index (χ1v) is 8.68. The lowest BCUT2D eigenvalue weighted by atomic mass is 10.1. The van der Waals surface area contributed by atoms with Crippen molar-refractivity contribution in [2.45, 2.75) is 33.7 Å². The summed E-state index contributed by atoms with van der Waals surface area (Å²) in [5.41, 5.74) is 1.21. The maximum Gasteiger partial charge on any atom is 0.319 e. The van der Waals surface area contributed by atoms with E-state index in [-0.39, 0.29) is 23.9 Å². The predicted octanol–water partition coefficient (Wildman–Crippen LogP) is 2.15. The predicted molar refractivity (Wildman–Crippen MR) is 96.9 cm³/mol. The molecule has 1 aromatic rings. The monoisotopic (exact) mass is 346 g/mol. The molecule has 1 aromatic carbocycles. The Morgan fingerprint density at radius 1 is 1.12 bits per heavy atom. The molecule has 25 heavy (non-hydrogen) atoms. The van der Waals surface area contributed by atoms with Crippen LogP contribution in [0.1, 0.15) is 48.4 Å². The number of hydrogen-bond donors (Lipinski definition) is 2. The third-order valence-electron chi connectivity index (χ3n) is 4.30. The molecule has 0 fully saturated rings. The molecule has 7 nitrogen and oxygen atoms in total. The van der Waals surface area contributed by atoms with Crippen LogP contribution < -0.4 is 10.6 Å². The third-order valence-corrected chi connectivity index (χ3v) is 4.30. The summed E-state index contributed by atoms with van der Waals surface area (Å²) in [6.45, 7) is 10.9. The SMILES string of the molecule is CCN(CC)CCNC(=O)Nc1ccc2c(c1)C(=O)N(C(C)C)C2=O. The van der Waals surface area contributed by atoms with Crippen LogP contribution in [0.3, 0.4) is 0 Å². The van der Waals surface area contributed by atoms with Crippen LogP contribution in [0.15, 0.2) is 18.2 Å². The van der Waals surface area contributed by atoms with Crippen LogP contribution in [0.2, 0.25) is 0 Å². The number of nitrogens with one attached hydrogen (secondary N) is 2. The van der Waals surface area contributed by atoms with Crippen molar-refractivity contribution in [3.05, 3.63) is 29.3 Å². The number of imide groups is 1. The lowest BCUT2D eigenvalue weighted by molar-refractivity contribution is 0.0609. The van der Waals surface area contributed by atoms with E-state index in [1.807, 2.05) is 0 Å². The highest BCUT2D eigenvalue weighted by atomic mass is 16.2. The van der Waals surface area contributed by atoms with E-state index in [9.17, 15) is 14.4 Å². The van der Waals surface area contributed by atoms with Gasteiger partial charge in [-0.05, 0) is 45.1 Å². The number of likely N-dealkylation sites (N-methyl/N-ethyl adjacent to an activating group) is 1. The molecule has 0 aliphatic carbocycles. The van der Waals surface area contributed by atoms with Crippen LogP contribution in [0.25, 0.3) is 0 Å². The van der Waals surface area contributed by atoms with E-state index in [4.69, 9.17) is 0 Å². The van der Waals surface area contributed by atoms with Crippen molar-refractivity contribution in [3.8, 4) is 0 Å². The number of amides is 4. The van der Waals surface area contributed by atoms with Gasteiger partial charge in [-0.25, -0.2) is 4.79 Å². The van der Waals surface area contributed by atoms with Crippen molar-refractivity contribution in [3.63, 3.8) is 0 Å². The van der Waals surface area contributed by atoms with Gasteiger partial charge in [-0.15, -0.1) is 0 Å². The maximum absolute atomic E-state index is 12.4. The summed E-state index contributed by atoms with van der Waals surface area (Å²) in [5.74, 6) is -0.606. The second-order valence-corrected chi connectivity index (χ2v) is 6.24. The lowest BCUT2D eigenvalue weighted by Crippen LogP contribution is -2.36. The van der Waals surface area contributed by atoms with Crippen LogP contribution in [0.4, 0.5) is 10.5 Å². The smallest absolute Gasteiger partial charge is 0.319 e. The van der Waals surface area contributed by atoms with E-state index in [0.29, 0.717) is 23.4 Å². The minimum absolute atomic E-state index is 0.202. The number of benzene rings is 1. The first kappa shape index (κ1) is 18.9. The molecule has 4 amide bonds. The number of anilines is 1. The number of fused-ring (bicyclic) bond motifs is 1. The van der Waals surface area contributed by atoms with Crippen molar-refractivity contribution in [2.24, 2.45) is 0 Å². The van der Waals surface area contributed by atoms with E-state index in [2.05, 4.69) is 29.4 Å². The number of nitrogens with zero attached hydrogens (tertiary/aromatic N) is 2. The van der Waals surface area contributed by atoms with Crippen molar-refractivity contribution in [2.75, 3.05) is 31.5 Å². The van der Waals surface area contributed by atoms with E-state index in [0.717, 1.165) is 19.6 Å². The molecular weight excluding hydrogens is 320 g/mol. The molecule has 2 rings (SSSR count). The number of carbonyl (C=O) groups is 3. The Morgan fingerprint density at radius 2 is 1.76 bits per heavy atom. The van der Waals surface area contributed by atoms with Crippen molar-refractivity contribution >= 4 is 23.5 Å². The van der Waals surface area contributed by atoms with Crippen LogP contribution in [-0.4, -0.2) is 59.9 Å². The highest BCUT2D eigenvalue weighted by molar-refractivity contribution is 6.22. The fourth-order valence-corrected chi connectivity index (χ4v) is 2.85. The largest absolute Gasteiger partial charge is 0.337 e. The van der Waals surface area contributed by atoms with Crippen molar-refractivity contribution in [1.82, 2.24) is 15.1 Å². The summed E-state index contributed by atoms with van der Waals surface area (Å²) in [4.78, 5) is 40.0. The van der Waals surface area contributed by atoms with Gasteiger partial charge in [0.15, 0.2) is 0 Å². The van der Waals surface area contributed by atoms with Crippen LogP contribution in [0.5, 0.6) is 0 Å². The molecule has 1 aliphatic heterocycles. The summed E-state index contributed by atoms with van der Waals surface area (Å²) in [7, 11) is 0. The zero-order valence-corrected chi connectivity index (χ0v) is 15.3. The van der Waals surface area contributed by atoms with Gasteiger partial charge in [0, 0.05) is 24.8 Å². The molecule has 0 atom stereocenters. The van der Waals surface area contributed by atoms with Gasteiger partial charge < -0.3 is 15.5 Å². The molecule has 0 radical (unpaired) electrons. The molecule has 136 valence electrons. The summed E-state index contributed by atoms with van der Waals surface area (Å²) >= 11 is 0. The van der Waals surface area contributed by atoms with Gasteiger partial charge in [0.25, 0.3) is 11.8 Å². The molecule has 0 saturated carbocycles. The summed E-state index contributed by atoms with van der Waals surface area (Å²) in [6.07, 6.45) is 0. The first-order chi connectivity index (χ1) is 11.9. The fraction of sp³-hybridized carbons (Fsp3) is 0.500. The van der Waals surface area contributed by atoms with E-state index >= 15 is 0 Å². The molecule has 0 bridgehead atoms. The third kappa shape index (κ3) is 4.17. The summed E-state index contributed by atoms with van der Waals surface area (Å²) in [6, 6.07) is 4.25. The summed E-state index contributed by atoms with van der Waals surface area (Å²) in [5, 5.41) is 5.50. The molecular formula is C18H26N4O3. The lowest BCUT2D eigenvalue weighted by Gasteiger charge is -2.18. The van der Waals surface area contributed by atoms with Gasteiger partial charge in [-0.1, -0.05) is 13.8 Å².